The maximum absolute atomic E-state index is 13.9. The molecule has 0 fully saturated rings. The maximum atomic E-state index is 13.9. The summed E-state index contributed by atoms with van der Waals surface area (Å²) < 4.78 is 46.2. The molecule has 2 atom stereocenters. The van der Waals surface area contributed by atoms with Crippen molar-refractivity contribution in [3.8, 4) is 11.5 Å². The van der Waals surface area contributed by atoms with Crippen molar-refractivity contribution in [3.05, 3.63) is 58.4 Å². The van der Waals surface area contributed by atoms with E-state index in [4.69, 9.17) is 22.4 Å². The fourth-order valence-corrected chi connectivity index (χ4v) is 2.52. The first-order valence-electron chi connectivity index (χ1n) is 8.35. The highest BCUT2D eigenvalue weighted by Crippen LogP contribution is 2.29. The maximum Gasteiger partial charge on any atom is 0.254 e. The van der Waals surface area contributed by atoms with E-state index in [9.17, 15) is 13.6 Å². The SMILES string of the molecule is [2H][C@@](C)(NC(=O)[C@@H](C)F)c1cc(F)cc(Cl)c1COc1ccc(OC)cc1. The minimum Gasteiger partial charge on any atom is -0.497 e. The van der Waals surface area contributed by atoms with Crippen LogP contribution in [0.25, 0.3) is 0 Å². The highest BCUT2D eigenvalue weighted by molar-refractivity contribution is 6.31. The van der Waals surface area contributed by atoms with Crippen molar-refractivity contribution in [1.82, 2.24) is 5.32 Å². The molecule has 0 bridgehead atoms. The number of benzene rings is 2. The molecule has 140 valence electrons. The number of methoxy groups -OCH3 is 1. The molecule has 0 aliphatic carbocycles. The van der Waals surface area contributed by atoms with Crippen LogP contribution in [0.2, 0.25) is 5.02 Å². The lowest BCUT2D eigenvalue weighted by Crippen LogP contribution is -2.33. The minimum absolute atomic E-state index is 0.0412. The molecule has 0 heterocycles. The van der Waals surface area contributed by atoms with Gasteiger partial charge in [-0.15, -0.1) is 0 Å². The Balaban J connectivity index is 2.30. The van der Waals surface area contributed by atoms with E-state index < -0.39 is 23.9 Å². The third-order valence-corrected chi connectivity index (χ3v) is 4.02. The van der Waals surface area contributed by atoms with E-state index in [1.807, 2.05) is 0 Å². The van der Waals surface area contributed by atoms with Crippen LogP contribution in [0, 0.1) is 5.82 Å². The second-order valence-electron chi connectivity index (χ2n) is 5.61. The van der Waals surface area contributed by atoms with Gasteiger partial charge in [-0.3, -0.25) is 4.79 Å². The lowest BCUT2D eigenvalue weighted by atomic mass is 10.0. The van der Waals surface area contributed by atoms with Crippen molar-refractivity contribution in [1.29, 1.82) is 0 Å². The molecule has 7 heteroatoms. The van der Waals surface area contributed by atoms with Crippen molar-refractivity contribution in [2.24, 2.45) is 0 Å². The third kappa shape index (κ3) is 5.08. The van der Waals surface area contributed by atoms with Crippen molar-refractivity contribution in [2.45, 2.75) is 32.6 Å². The number of carbonyl (C=O) groups excluding carboxylic acids is 1. The fourth-order valence-electron chi connectivity index (χ4n) is 2.26. The number of hydrogen-bond acceptors (Lipinski definition) is 3. The molecule has 0 saturated heterocycles. The van der Waals surface area contributed by atoms with E-state index in [0.717, 1.165) is 19.1 Å². The van der Waals surface area contributed by atoms with Crippen molar-refractivity contribution in [3.63, 3.8) is 0 Å². The first-order chi connectivity index (χ1) is 12.6. The lowest BCUT2D eigenvalue weighted by Gasteiger charge is -2.20. The van der Waals surface area contributed by atoms with Gasteiger partial charge in [-0.2, -0.15) is 0 Å². The summed E-state index contributed by atoms with van der Waals surface area (Å²) in [5, 5.41) is 2.28. The molecule has 1 N–H and O–H groups in total. The van der Waals surface area contributed by atoms with Gasteiger partial charge >= 0.3 is 0 Å². The van der Waals surface area contributed by atoms with E-state index >= 15 is 0 Å². The number of ether oxygens (including phenoxy) is 2. The molecule has 2 aromatic rings. The Labute approximate surface area is 157 Å². The van der Waals surface area contributed by atoms with Gasteiger partial charge in [0.15, 0.2) is 6.17 Å². The van der Waals surface area contributed by atoms with Gasteiger partial charge in [0.25, 0.3) is 5.91 Å². The van der Waals surface area contributed by atoms with Crippen molar-refractivity contribution < 1.29 is 24.4 Å². The highest BCUT2D eigenvalue weighted by atomic mass is 35.5. The third-order valence-electron chi connectivity index (χ3n) is 3.68. The molecule has 0 radical (unpaired) electrons. The Kier molecular flexibility index (Phi) is 6.28. The van der Waals surface area contributed by atoms with E-state index in [0.29, 0.717) is 17.1 Å². The fraction of sp³-hybridized carbons (Fsp3) is 0.316. The second kappa shape index (κ2) is 8.85. The van der Waals surface area contributed by atoms with Crippen molar-refractivity contribution in [2.75, 3.05) is 7.11 Å². The molecular weight excluding hydrogens is 364 g/mol. The van der Waals surface area contributed by atoms with E-state index in [-0.39, 0.29) is 17.2 Å². The predicted molar refractivity (Wildman–Crippen MR) is 95.9 cm³/mol. The number of nitrogens with one attached hydrogen (secondary N) is 1. The summed E-state index contributed by atoms with van der Waals surface area (Å²) in [4.78, 5) is 11.7. The van der Waals surface area contributed by atoms with Gasteiger partial charge in [0.2, 0.25) is 0 Å². The van der Waals surface area contributed by atoms with Gasteiger partial charge in [-0.25, -0.2) is 8.78 Å². The first-order valence-corrected chi connectivity index (χ1v) is 8.23. The molecular formula is C19H20ClF2NO3. The zero-order valence-corrected chi connectivity index (χ0v) is 15.4. The van der Waals surface area contributed by atoms with Crippen LogP contribution in [0.4, 0.5) is 8.78 Å². The van der Waals surface area contributed by atoms with Crippen LogP contribution in [0.5, 0.6) is 11.5 Å². The Morgan fingerprint density at radius 2 is 1.88 bits per heavy atom. The number of amides is 1. The van der Waals surface area contributed by atoms with Crippen LogP contribution < -0.4 is 14.8 Å². The number of rotatable bonds is 7. The molecule has 26 heavy (non-hydrogen) atoms. The van der Waals surface area contributed by atoms with Gasteiger partial charge in [-0.05, 0) is 55.8 Å². The number of alkyl halides is 1. The van der Waals surface area contributed by atoms with Crippen LogP contribution in [-0.2, 0) is 11.4 Å². The zero-order valence-electron chi connectivity index (χ0n) is 15.6. The monoisotopic (exact) mass is 384 g/mol. The number of hydrogen-bond donors (Lipinski definition) is 1. The highest BCUT2D eigenvalue weighted by Gasteiger charge is 2.20. The Morgan fingerprint density at radius 3 is 2.46 bits per heavy atom. The van der Waals surface area contributed by atoms with Gasteiger partial charge in [0.05, 0.1) is 19.5 Å². The van der Waals surface area contributed by atoms with Gasteiger partial charge in [0, 0.05) is 5.56 Å². The number of halogens is 3. The predicted octanol–water partition coefficient (Wildman–Crippen LogP) is 4.60. The molecule has 0 aliphatic heterocycles. The van der Waals surface area contributed by atoms with Gasteiger partial charge in [0.1, 0.15) is 23.9 Å². The lowest BCUT2D eigenvalue weighted by molar-refractivity contribution is -0.126. The van der Waals surface area contributed by atoms with E-state index in [2.05, 4.69) is 5.32 Å². The molecule has 2 rings (SSSR count). The average Bonchev–Trinajstić information content (AvgIpc) is 2.60. The van der Waals surface area contributed by atoms with Gasteiger partial charge < -0.3 is 14.8 Å². The van der Waals surface area contributed by atoms with Crippen LogP contribution in [0.1, 0.15) is 32.4 Å². The molecule has 4 nitrogen and oxygen atoms in total. The summed E-state index contributed by atoms with van der Waals surface area (Å²) in [6, 6.07) is 7.15. The standard InChI is InChI=1S/C19H20ClF2NO3/c1-11(21)19(24)23-12(2)16-8-13(22)9-18(20)17(16)10-26-15-6-4-14(25-3)5-7-15/h4-9,11-12H,10H2,1-3H3,(H,23,24)/t11-,12+/m1/s1/i12D. The molecule has 2 aromatic carbocycles. The Morgan fingerprint density at radius 1 is 1.27 bits per heavy atom. The minimum atomic E-state index is -1.81. The van der Waals surface area contributed by atoms with Crippen LogP contribution in [0.3, 0.4) is 0 Å². The van der Waals surface area contributed by atoms with Gasteiger partial charge in [-0.1, -0.05) is 11.6 Å². The topological polar surface area (TPSA) is 47.6 Å². The molecule has 1 amide bonds. The Bertz CT molecular complexity index is 813. The van der Waals surface area contributed by atoms with Crippen LogP contribution in [-0.4, -0.2) is 19.2 Å². The average molecular weight is 385 g/mol. The summed E-state index contributed by atoms with van der Waals surface area (Å²) in [6.07, 6.45) is -1.81. The summed E-state index contributed by atoms with van der Waals surface area (Å²) in [6.45, 7) is 2.29. The smallest absolute Gasteiger partial charge is 0.254 e. The van der Waals surface area contributed by atoms with E-state index in [1.54, 1.807) is 31.4 Å². The Hall–Kier alpha value is -2.34. The summed E-state index contributed by atoms with van der Waals surface area (Å²) in [7, 11) is 1.54. The van der Waals surface area contributed by atoms with E-state index in [1.165, 1.54) is 6.92 Å². The molecule has 0 saturated carbocycles. The zero-order chi connectivity index (χ0) is 20.2. The normalized spacial score (nSPS) is 14.8. The summed E-state index contributed by atoms with van der Waals surface area (Å²) >= 11 is 6.14. The summed E-state index contributed by atoms with van der Waals surface area (Å²) in [5.41, 5.74) is 0.396. The molecule has 0 unspecified atom stereocenters. The quantitative estimate of drug-likeness (QED) is 0.758. The largest absolute Gasteiger partial charge is 0.497 e. The molecule has 0 spiro atoms. The van der Waals surface area contributed by atoms with Crippen LogP contribution >= 0.6 is 11.6 Å². The van der Waals surface area contributed by atoms with Crippen molar-refractivity contribution >= 4 is 17.5 Å². The number of carbonyl (C=O) groups is 1. The molecule has 0 aliphatic rings. The summed E-state index contributed by atoms with van der Waals surface area (Å²) in [5.74, 6) is -0.487. The first kappa shape index (κ1) is 18.5. The molecule has 0 aromatic heterocycles. The van der Waals surface area contributed by atoms with Crippen LogP contribution in [0.15, 0.2) is 36.4 Å². The second-order valence-corrected chi connectivity index (χ2v) is 6.02.